The Balaban J connectivity index is 1.35. The summed E-state index contributed by atoms with van der Waals surface area (Å²) in [6.07, 6.45) is 32.3. The summed E-state index contributed by atoms with van der Waals surface area (Å²) in [4.78, 5) is 13.3. The molecule has 0 saturated carbocycles. The molecular formula is C66H115NO18. The molecule has 0 spiro atoms. The quantitative estimate of drug-likeness (QED) is 0.0209. The molecule has 19 nitrogen and oxygen atoms in total. The Morgan fingerprint density at radius 3 is 1.32 bits per heavy atom. The minimum absolute atomic E-state index is 0.229. The van der Waals surface area contributed by atoms with Crippen molar-refractivity contribution in [3.63, 3.8) is 0 Å². The van der Waals surface area contributed by atoms with Gasteiger partial charge in [0.15, 0.2) is 18.9 Å². The fourth-order valence-corrected chi connectivity index (χ4v) is 10.7. The molecule has 19 heteroatoms. The van der Waals surface area contributed by atoms with Crippen LogP contribution in [0.3, 0.4) is 0 Å². The van der Waals surface area contributed by atoms with Gasteiger partial charge in [-0.1, -0.05) is 195 Å². The van der Waals surface area contributed by atoms with Gasteiger partial charge in [-0.2, -0.15) is 0 Å². The number of rotatable bonds is 48. The van der Waals surface area contributed by atoms with Crippen LogP contribution in [-0.2, 0) is 33.2 Å². The van der Waals surface area contributed by atoms with Crippen LogP contribution in [0, 0.1) is 0 Å². The highest BCUT2D eigenvalue weighted by atomic mass is 16.8. The predicted octanol–water partition coefficient (Wildman–Crippen LogP) is 7.38. The monoisotopic (exact) mass is 1210 g/mol. The van der Waals surface area contributed by atoms with Crippen molar-refractivity contribution in [1.29, 1.82) is 0 Å². The summed E-state index contributed by atoms with van der Waals surface area (Å²) >= 11 is 0. The van der Waals surface area contributed by atoms with Gasteiger partial charge >= 0.3 is 0 Å². The Kier molecular flexibility index (Phi) is 43.3. The largest absolute Gasteiger partial charge is 0.394 e. The Labute approximate surface area is 508 Å². The maximum atomic E-state index is 13.3. The molecule has 3 fully saturated rings. The zero-order valence-corrected chi connectivity index (χ0v) is 51.6. The number of unbranched alkanes of at least 4 members (excludes halogenated alkanes) is 23. The second-order valence-electron chi connectivity index (χ2n) is 23.2. The maximum absolute atomic E-state index is 13.3. The molecule has 85 heavy (non-hydrogen) atoms. The summed E-state index contributed by atoms with van der Waals surface area (Å²) < 4.78 is 34.2. The van der Waals surface area contributed by atoms with Crippen LogP contribution in [0.25, 0.3) is 0 Å². The van der Waals surface area contributed by atoms with Crippen molar-refractivity contribution >= 4 is 5.91 Å². The number of hydrogen-bond acceptors (Lipinski definition) is 18. The number of aliphatic hydroxyl groups is 11. The lowest BCUT2D eigenvalue weighted by atomic mass is 9.96. The molecule has 3 aliphatic rings. The molecule has 3 rings (SSSR count). The first-order valence-corrected chi connectivity index (χ1v) is 32.7. The van der Waals surface area contributed by atoms with Gasteiger partial charge in [-0.3, -0.25) is 4.79 Å². The van der Waals surface area contributed by atoms with Gasteiger partial charge < -0.3 is 89.9 Å². The van der Waals surface area contributed by atoms with E-state index in [2.05, 4.69) is 66.9 Å². The highest BCUT2D eigenvalue weighted by Gasteiger charge is 2.53. The second kappa shape index (κ2) is 48.1. The van der Waals surface area contributed by atoms with E-state index >= 15 is 0 Å². The summed E-state index contributed by atoms with van der Waals surface area (Å²) in [7, 11) is 0. The molecule has 0 aliphatic carbocycles. The third kappa shape index (κ3) is 31.0. The second-order valence-corrected chi connectivity index (χ2v) is 23.2. The SMILES string of the molecule is C/C=C/CC/C=C/CC/C=C/C(O)C(COC1OC(CO)C(OC2OC(CO)C(OC3OC(CO)C(O)C(O)C3O)C(O)C2O)C(O)C1O)NC(=O)CCCCCCCCCCCCCCCCCC/C=C\C/C=C\C/C=C\CCCCCCC. The minimum atomic E-state index is -1.98. The van der Waals surface area contributed by atoms with Crippen molar-refractivity contribution in [3.8, 4) is 0 Å². The summed E-state index contributed by atoms with van der Waals surface area (Å²) in [6.45, 7) is 1.43. The molecule has 3 saturated heterocycles. The van der Waals surface area contributed by atoms with Crippen LogP contribution >= 0.6 is 0 Å². The third-order valence-corrected chi connectivity index (χ3v) is 16.0. The fraction of sp³-hybridized carbons (Fsp3) is 0.803. The van der Waals surface area contributed by atoms with Crippen LogP contribution in [0.1, 0.15) is 206 Å². The third-order valence-electron chi connectivity index (χ3n) is 16.0. The normalized spacial score (nSPS) is 29.4. The van der Waals surface area contributed by atoms with E-state index in [-0.39, 0.29) is 18.9 Å². The molecule has 3 aliphatic heterocycles. The van der Waals surface area contributed by atoms with Crippen molar-refractivity contribution in [3.05, 3.63) is 72.9 Å². The van der Waals surface area contributed by atoms with Gasteiger partial charge in [-0.25, -0.2) is 0 Å². The maximum Gasteiger partial charge on any atom is 0.220 e. The van der Waals surface area contributed by atoms with E-state index in [4.69, 9.17) is 28.4 Å². The molecule has 0 bridgehead atoms. The first-order valence-electron chi connectivity index (χ1n) is 32.7. The van der Waals surface area contributed by atoms with E-state index in [0.29, 0.717) is 12.8 Å². The number of aliphatic hydroxyl groups excluding tert-OH is 11. The first kappa shape index (κ1) is 76.5. The predicted molar refractivity (Wildman–Crippen MR) is 328 cm³/mol. The summed E-state index contributed by atoms with van der Waals surface area (Å²) in [5.74, 6) is -0.295. The number of hydrogen-bond donors (Lipinski definition) is 12. The number of carbonyl (C=O) groups excluding carboxylic acids is 1. The smallest absolute Gasteiger partial charge is 0.220 e. The minimum Gasteiger partial charge on any atom is -0.394 e. The Morgan fingerprint density at radius 2 is 0.835 bits per heavy atom. The van der Waals surface area contributed by atoms with Gasteiger partial charge in [0.2, 0.25) is 5.91 Å². The molecule has 3 heterocycles. The van der Waals surface area contributed by atoms with E-state index in [1.807, 2.05) is 19.1 Å². The van der Waals surface area contributed by atoms with Gasteiger partial charge in [0, 0.05) is 6.42 Å². The zero-order valence-electron chi connectivity index (χ0n) is 51.6. The first-order chi connectivity index (χ1) is 41.3. The van der Waals surface area contributed by atoms with Crippen LogP contribution in [0.2, 0.25) is 0 Å². The molecule has 1 amide bonds. The van der Waals surface area contributed by atoms with Crippen molar-refractivity contribution in [2.75, 3.05) is 26.4 Å². The highest BCUT2D eigenvalue weighted by Crippen LogP contribution is 2.33. The Bertz CT molecular complexity index is 1830. The molecule has 17 unspecified atom stereocenters. The molecular weight excluding hydrogens is 1090 g/mol. The molecule has 17 atom stereocenters. The van der Waals surface area contributed by atoms with Gasteiger partial charge in [0.25, 0.3) is 0 Å². The lowest BCUT2D eigenvalue weighted by molar-refractivity contribution is -0.379. The van der Waals surface area contributed by atoms with Gasteiger partial charge in [0.1, 0.15) is 73.2 Å². The molecule has 0 radical (unpaired) electrons. The van der Waals surface area contributed by atoms with Crippen molar-refractivity contribution in [1.82, 2.24) is 5.32 Å². The zero-order chi connectivity index (χ0) is 61.9. The Morgan fingerprint density at radius 1 is 0.447 bits per heavy atom. The standard InChI is InChI=1S/C66H115NO18/c1-3-5-7-9-11-13-14-15-16-17-18-19-20-21-22-23-24-25-26-27-28-29-30-31-32-33-34-36-38-40-42-44-54(72)67-49(50(71)43-41-39-37-35-12-10-8-6-4-2)48-80-64-60(78)57(75)62(52(46-69)82-64)85-66-61(79)58(76)63(53(47-70)83-66)84-65-59(77)56(74)55(73)51(45-68)81-65/h4,6,12,14-15,17-18,20-21,35,41,43,49-53,55-66,68-71,73-79H,3,5,7-11,13,16,19,22-34,36-40,42,44-48H2,1-2H3,(H,67,72)/b6-4+,15-14-,18-17-,21-20-,35-12+,43-41+. The molecule has 0 aromatic rings. The molecule has 0 aromatic heterocycles. The molecule has 492 valence electrons. The van der Waals surface area contributed by atoms with E-state index in [9.17, 15) is 61.0 Å². The number of carbonyl (C=O) groups is 1. The Hall–Kier alpha value is -2.77. The van der Waals surface area contributed by atoms with Crippen LogP contribution in [0.4, 0.5) is 0 Å². The van der Waals surface area contributed by atoms with Gasteiger partial charge in [-0.15, -0.1) is 0 Å². The van der Waals surface area contributed by atoms with E-state index < -0.39 is 124 Å². The summed E-state index contributed by atoms with van der Waals surface area (Å²) in [6, 6.07) is -0.997. The summed E-state index contributed by atoms with van der Waals surface area (Å²) in [5, 5.41) is 120. The van der Waals surface area contributed by atoms with Crippen LogP contribution < -0.4 is 5.32 Å². The molecule has 12 N–H and O–H groups in total. The van der Waals surface area contributed by atoms with Gasteiger partial charge in [-0.05, 0) is 77.6 Å². The lowest BCUT2D eigenvalue weighted by Crippen LogP contribution is -2.66. The fourth-order valence-electron chi connectivity index (χ4n) is 10.7. The van der Waals surface area contributed by atoms with E-state index in [1.165, 1.54) is 122 Å². The lowest BCUT2D eigenvalue weighted by Gasteiger charge is -2.48. The average molecular weight is 1210 g/mol. The van der Waals surface area contributed by atoms with Crippen molar-refractivity contribution in [2.45, 2.75) is 311 Å². The number of amides is 1. The topological polar surface area (TPSA) is 307 Å². The summed E-state index contributed by atoms with van der Waals surface area (Å²) in [5.41, 5.74) is 0. The number of nitrogens with one attached hydrogen (secondary N) is 1. The van der Waals surface area contributed by atoms with Crippen molar-refractivity contribution < 1.29 is 89.4 Å². The van der Waals surface area contributed by atoms with Crippen LogP contribution in [0.15, 0.2) is 72.9 Å². The van der Waals surface area contributed by atoms with Gasteiger partial charge in [0.05, 0.1) is 38.6 Å². The molecule has 0 aromatic carbocycles. The number of allylic oxidation sites excluding steroid dienone is 11. The van der Waals surface area contributed by atoms with Crippen LogP contribution in [-0.4, -0.2) is 193 Å². The van der Waals surface area contributed by atoms with Crippen molar-refractivity contribution in [2.24, 2.45) is 0 Å². The number of ether oxygens (including phenoxy) is 6. The van der Waals surface area contributed by atoms with E-state index in [1.54, 1.807) is 6.08 Å². The average Bonchev–Trinajstić information content (AvgIpc) is 3.55. The highest BCUT2D eigenvalue weighted by molar-refractivity contribution is 5.76. The van der Waals surface area contributed by atoms with E-state index in [0.717, 1.165) is 51.4 Å². The van der Waals surface area contributed by atoms with Crippen LogP contribution in [0.5, 0.6) is 0 Å².